The molecule has 2 aromatic rings. The summed E-state index contributed by atoms with van der Waals surface area (Å²) in [6.07, 6.45) is 3.21. The largest absolute Gasteiger partial charge is 0.397 e. The van der Waals surface area contributed by atoms with Gasteiger partial charge in [0.2, 0.25) is 0 Å². The van der Waals surface area contributed by atoms with Crippen molar-refractivity contribution in [3.8, 4) is 0 Å². The monoisotopic (exact) mass is 302 g/mol. The van der Waals surface area contributed by atoms with Gasteiger partial charge in [0.15, 0.2) is 0 Å². The Balaban J connectivity index is 2.03. The molecule has 3 nitrogen and oxygen atoms in total. The first-order valence-corrected chi connectivity index (χ1v) is 8.45. The van der Waals surface area contributed by atoms with Crippen LogP contribution in [0.3, 0.4) is 0 Å². The predicted octanol–water partition coefficient (Wildman–Crippen LogP) is 4.20. The van der Waals surface area contributed by atoms with Gasteiger partial charge in [-0.25, -0.2) is 0 Å². The number of fused-ring (bicyclic) bond motifs is 1. The van der Waals surface area contributed by atoms with Gasteiger partial charge < -0.3 is 10.6 Å². The molecule has 4 heteroatoms. The van der Waals surface area contributed by atoms with Crippen LogP contribution >= 0.6 is 11.3 Å². The average Bonchev–Trinajstić information content (AvgIpc) is 2.98. The van der Waals surface area contributed by atoms with Crippen molar-refractivity contribution in [2.45, 2.75) is 52.1 Å². The second kappa shape index (κ2) is 5.34. The molecule has 0 saturated carbocycles. The minimum absolute atomic E-state index is 0.114. The Labute approximate surface area is 129 Å². The summed E-state index contributed by atoms with van der Waals surface area (Å²) in [7, 11) is 0. The minimum atomic E-state index is 0.114. The van der Waals surface area contributed by atoms with Crippen LogP contribution in [0.4, 0.5) is 5.69 Å². The van der Waals surface area contributed by atoms with Gasteiger partial charge in [0.1, 0.15) is 4.88 Å². The molecule has 1 aliphatic rings. The summed E-state index contributed by atoms with van der Waals surface area (Å²) in [6, 6.07) is 6.86. The summed E-state index contributed by atoms with van der Waals surface area (Å²) in [5, 5.41) is 1.01. The van der Waals surface area contributed by atoms with E-state index >= 15 is 0 Å². The Bertz CT molecular complexity index is 691. The van der Waals surface area contributed by atoms with Crippen LogP contribution in [0.2, 0.25) is 0 Å². The van der Waals surface area contributed by atoms with E-state index in [0.717, 1.165) is 29.3 Å². The molecule has 1 aromatic heterocycles. The van der Waals surface area contributed by atoms with Crippen molar-refractivity contribution in [1.82, 2.24) is 4.90 Å². The van der Waals surface area contributed by atoms with Crippen molar-refractivity contribution in [2.75, 3.05) is 5.73 Å². The number of carbonyl (C=O) groups excluding carboxylic acids is 1. The fourth-order valence-electron chi connectivity index (χ4n) is 3.34. The second-order valence-corrected chi connectivity index (χ2v) is 7.10. The number of amides is 1. The lowest BCUT2D eigenvalue weighted by molar-refractivity contribution is 0.0682. The molecular weight excluding hydrogens is 280 g/mol. The van der Waals surface area contributed by atoms with E-state index in [0.29, 0.717) is 22.6 Å². The Kier molecular flexibility index (Phi) is 3.66. The van der Waals surface area contributed by atoms with E-state index in [1.54, 1.807) is 0 Å². The molecule has 2 heterocycles. The van der Waals surface area contributed by atoms with Crippen molar-refractivity contribution in [3.05, 3.63) is 28.6 Å². The third-order valence-corrected chi connectivity index (χ3v) is 5.73. The number of benzene rings is 1. The van der Waals surface area contributed by atoms with Gasteiger partial charge in [-0.1, -0.05) is 19.1 Å². The number of nitrogens with zero attached hydrogens (tertiary/aromatic N) is 1. The summed E-state index contributed by atoms with van der Waals surface area (Å²) >= 11 is 1.53. The smallest absolute Gasteiger partial charge is 0.266 e. The molecule has 1 amide bonds. The van der Waals surface area contributed by atoms with Gasteiger partial charge in [-0.3, -0.25) is 4.79 Å². The lowest BCUT2D eigenvalue weighted by Crippen LogP contribution is -2.39. The molecule has 1 aliphatic heterocycles. The van der Waals surface area contributed by atoms with Crippen molar-refractivity contribution >= 4 is 33.0 Å². The zero-order valence-electron chi connectivity index (χ0n) is 12.8. The molecule has 0 bridgehead atoms. The van der Waals surface area contributed by atoms with Crippen LogP contribution in [0, 0.1) is 6.92 Å². The highest BCUT2D eigenvalue weighted by Crippen LogP contribution is 2.37. The number of nitrogen functional groups attached to an aromatic ring is 1. The Morgan fingerprint density at radius 2 is 2.19 bits per heavy atom. The third kappa shape index (κ3) is 2.31. The first-order chi connectivity index (χ1) is 10.0. The zero-order chi connectivity index (χ0) is 15.1. The van der Waals surface area contributed by atoms with Crippen LogP contribution in [0.25, 0.3) is 10.1 Å². The van der Waals surface area contributed by atoms with E-state index in [9.17, 15) is 4.79 Å². The van der Waals surface area contributed by atoms with Gasteiger partial charge in [0.25, 0.3) is 5.91 Å². The lowest BCUT2D eigenvalue weighted by atomic mass is 10.1. The van der Waals surface area contributed by atoms with Gasteiger partial charge in [-0.15, -0.1) is 11.3 Å². The highest BCUT2D eigenvalue weighted by Gasteiger charge is 2.35. The standard InChI is InChI=1S/C17H22N2OS/c1-4-12-7-6-11(3)19(12)17(20)16-15(18)13-8-5-10(2)9-14(13)21-16/h5,8-9,11-12H,4,6-7,18H2,1-3H3. The zero-order valence-corrected chi connectivity index (χ0v) is 13.7. The van der Waals surface area contributed by atoms with Gasteiger partial charge in [0, 0.05) is 22.2 Å². The fourth-order valence-corrected chi connectivity index (χ4v) is 4.50. The molecule has 0 spiro atoms. The van der Waals surface area contributed by atoms with E-state index < -0.39 is 0 Å². The molecule has 2 N–H and O–H groups in total. The highest BCUT2D eigenvalue weighted by atomic mass is 32.1. The summed E-state index contributed by atoms with van der Waals surface area (Å²) in [5.74, 6) is 0.114. The van der Waals surface area contributed by atoms with Crippen LogP contribution in [0.5, 0.6) is 0 Å². The van der Waals surface area contributed by atoms with Crippen molar-refractivity contribution in [1.29, 1.82) is 0 Å². The summed E-state index contributed by atoms with van der Waals surface area (Å²) < 4.78 is 1.11. The molecule has 1 saturated heterocycles. The molecule has 0 aliphatic carbocycles. The maximum Gasteiger partial charge on any atom is 0.266 e. The Hall–Kier alpha value is -1.55. The van der Waals surface area contributed by atoms with Gasteiger partial charge in [-0.05, 0) is 44.7 Å². The van der Waals surface area contributed by atoms with E-state index in [-0.39, 0.29) is 5.91 Å². The quantitative estimate of drug-likeness (QED) is 0.904. The summed E-state index contributed by atoms with van der Waals surface area (Å²) in [4.78, 5) is 15.7. The van der Waals surface area contributed by atoms with Gasteiger partial charge >= 0.3 is 0 Å². The highest BCUT2D eigenvalue weighted by molar-refractivity contribution is 7.21. The molecule has 21 heavy (non-hydrogen) atoms. The number of nitrogens with two attached hydrogens (primary N) is 1. The second-order valence-electron chi connectivity index (χ2n) is 6.05. The number of likely N-dealkylation sites (tertiary alicyclic amines) is 1. The van der Waals surface area contributed by atoms with Crippen molar-refractivity contribution in [2.24, 2.45) is 0 Å². The SMILES string of the molecule is CCC1CCC(C)N1C(=O)c1sc2cc(C)ccc2c1N. The number of anilines is 1. The van der Waals surface area contributed by atoms with E-state index in [1.807, 2.05) is 17.0 Å². The van der Waals surface area contributed by atoms with Crippen molar-refractivity contribution in [3.63, 3.8) is 0 Å². The fraction of sp³-hybridized carbons (Fsp3) is 0.471. The maximum absolute atomic E-state index is 13.0. The average molecular weight is 302 g/mol. The Morgan fingerprint density at radius 1 is 1.43 bits per heavy atom. The number of carbonyl (C=O) groups is 1. The van der Waals surface area contributed by atoms with Crippen LogP contribution in [0.15, 0.2) is 18.2 Å². The van der Waals surface area contributed by atoms with E-state index in [2.05, 4.69) is 26.8 Å². The summed E-state index contributed by atoms with van der Waals surface area (Å²) in [5.41, 5.74) is 8.10. The first kappa shape index (κ1) is 14.4. The molecule has 2 unspecified atom stereocenters. The molecule has 3 rings (SSSR count). The van der Waals surface area contributed by atoms with E-state index in [1.165, 1.54) is 16.9 Å². The third-order valence-electron chi connectivity index (χ3n) is 4.57. The van der Waals surface area contributed by atoms with Gasteiger partial charge in [-0.2, -0.15) is 0 Å². The molecule has 1 aromatic carbocycles. The molecule has 2 atom stereocenters. The molecule has 0 radical (unpaired) electrons. The summed E-state index contributed by atoms with van der Waals surface area (Å²) in [6.45, 7) is 6.36. The number of aryl methyl sites for hydroxylation is 1. The Morgan fingerprint density at radius 3 is 2.90 bits per heavy atom. The molecular formula is C17H22N2OS. The van der Waals surface area contributed by atoms with Crippen LogP contribution in [-0.2, 0) is 0 Å². The molecule has 1 fully saturated rings. The van der Waals surface area contributed by atoms with Crippen LogP contribution in [0.1, 0.15) is 48.3 Å². The topological polar surface area (TPSA) is 46.3 Å². The van der Waals surface area contributed by atoms with Crippen LogP contribution < -0.4 is 5.73 Å². The minimum Gasteiger partial charge on any atom is -0.397 e. The van der Waals surface area contributed by atoms with Crippen molar-refractivity contribution < 1.29 is 4.79 Å². The maximum atomic E-state index is 13.0. The number of hydrogen-bond donors (Lipinski definition) is 1. The van der Waals surface area contributed by atoms with Gasteiger partial charge in [0.05, 0.1) is 5.69 Å². The number of rotatable bonds is 2. The first-order valence-electron chi connectivity index (χ1n) is 7.64. The normalized spacial score (nSPS) is 22.1. The number of hydrogen-bond acceptors (Lipinski definition) is 3. The molecule has 112 valence electrons. The van der Waals surface area contributed by atoms with Crippen LogP contribution in [-0.4, -0.2) is 22.9 Å². The lowest BCUT2D eigenvalue weighted by Gasteiger charge is -2.27. The van der Waals surface area contributed by atoms with E-state index in [4.69, 9.17) is 5.73 Å². The predicted molar refractivity (Wildman–Crippen MR) is 89.9 cm³/mol. The number of thiophene rings is 1.